The first-order valence-electron chi connectivity index (χ1n) is 14.3. The molecule has 1 aliphatic heterocycles. The van der Waals surface area contributed by atoms with Crippen LogP contribution in [0.25, 0.3) is 0 Å². The number of aromatic hydroxyl groups is 1. The Hall–Kier alpha value is -4.16. The molecule has 13 heteroatoms. The van der Waals surface area contributed by atoms with Gasteiger partial charge in [0.25, 0.3) is 0 Å². The molecule has 13 nitrogen and oxygen atoms in total. The minimum absolute atomic E-state index is 0.0722. The van der Waals surface area contributed by atoms with Crippen molar-refractivity contribution in [2.24, 2.45) is 17.6 Å². The van der Waals surface area contributed by atoms with Gasteiger partial charge in [-0.1, -0.05) is 46.2 Å². The fraction of sp³-hybridized carbons (Fsp3) is 0.586. The number of hydrogen-bond acceptors (Lipinski definition) is 7. The highest BCUT2D eigenvalue weighted by Gasteiger charge is 2.38. The van der Waals surface area contributed by atoms with E-state index in [-0.39, 0.29) is 24.0 Å². The Morgan fingerprint density at radius 2 is 1.64 bits per heavy atom. The van der Waals surface area contributed by atoms with Crippen molar-refractivity contribution in [3.63, 3.8) is 0 Å². The third kappa shape index (κ3) is 9.74. The topological polar surface area (TPSA) is 200 Å². The van der Waals surface area contributed by atoms with Crippen molar-refractivity contribution in [1.29, 1.82) is 0 Å². The maximum atomic E-state index is 13.4. The molecule has 0 aliphatic carbocycles. The minimum Gasteiger partial charge on any atom is -0.508 e. The molecule has 0 saturated carbocycles. The van der Waals surface area contributed by atoms with E-state index in [4.69, 9.17) is 5.73 Å². The Bertz CT molecular complexity index is 1140. The Labute approximate surface area is 246 Å². The van der Waals surface area contributed by atoms with Crippen LogP contribution in [-0.4, -0.2) is 82.7 Å². The molecule has 5 atom stereocenters. The van der Waals surface area contributed by atoms with E-state index < -0.39 is 66.2 Å². The first-order valence-corrected chi connectivity index (χ1v) is 14.3. The summed E-state index contributed by atoms with van der Waals surface area (Å²) in [5.41, 5.74) is 6.12. The number of benzene rings is 1. The Balaban J connectivity index is 2.05. The number of primary amides is 1. The average Bonchev–Trinajstić information content (AvgIpc) is 3.42. The maximum absolute atomic E-state index is 13.4. The summed E-state index contributed by atoms with van der Waals surface area (Å²) in [4.78, 5) is 77.2. The van der Waals surface area contributed by atoms with Gasteiger partial charge in [0.05, 0.1) is 6.54 Å². The molecule has 1 aromatic rings. The van der Waals surface area contributed by atoms with Crippen LogP contribution in [0.5, 0.6) is 5.75 Å². The van der Waals surface area contributed by atoms with Crippen molar-refractivity contribution in [2.45, 2.75) is 84.5 Å². The summed E-state index contributed by atoms with van der Waals surface area (Å²) in [5, 5.41) is 20.0. The van der Waals surface area contributed by atoms with Crippen LogP contribution in [0.15, 0.2) is 24.3 Å². The molecule has 42 heavy (non-hydrogen) atoms. The zero-order chi connectivity index (χ0) is 31.6. The fourth-order valence-corrected chi connectivity index (χ4v) is 4.84. The van der Waals surface area contributed by atoms with Gasteiger partial charge in [0.2, 0.25) is 35.4 Å². The molecule has 1 fully saturated rings. The zero-order valence-corrected chi connectivity index (χ0v) is 24.9. The summed E-state index contributed by atoms with van der Waals surface area (Å²) in [6.07, 6.45) is 1.67. The van der Waals surface area contributed by atoms with Crippen LogP contribution in [0.1, 0.15) is 59.4 Å². The number of nitrogens with two attached hydrogens (primary N) is 1. The molecule has 232 valence electrons. The van der Waals surface area contributed by atoms with E-state index in [0.29, 0.717) is 31.4 Å². The van der Waals surface area contributed by atoms with Crippen LogP contribution in [0, 0.1) is 11.8 Å². The van der Waals surface area contributed by atoms with Crippen molar-refractivity contribution in [2.75, 3.05) is 13.1 Å². The van der Waals surface area contributed by atoms with E-state index >= 15 is 0 Å². The lowest BCUT2D eigenvalue weighted by Gasteiger charge is -2.29. The SMILES string of the molecule is CC[C@H](C)[C@H](NC(=O)CNC(=O)[C@@H]1CCCN1C(=O)[C@H](Cc1ccc(O)cc1)NC(C)=O)C(=O)N[C@H](C(N)=O)C(C)C. The van der Waals surface area contributed by atoms with Gasteiger partial charge in [-0.3, -0.25) is 28.8 Å². The highest BCUT2D eigenvalue weighted by molar-refractivity contribution is 5.95. The van der Waals surface area contributed by atoms with Gasteiger partial charge in [0.15, 0.2) is 0 Å². The Kier molecular flexibility index (Phi) is 12.8. The van der Waals surface area contributed by atoms with Gasteiger partial charge in [0, 0.05) is 19.9 Å². The molecular weight excluding hydrogens is 544 g/mol. The number of carbonyl (C=O) groups is 6. The monoisotopic (exact) mass is 588 g/mol. The van der Waals surface area contributed by atoms with Gasteiger partial charge in [-0.2, -0.15) is 0 Å². The predicted molar refractivity (Wildman–Crippen MR) is 155 cm³/mol. The second-order valence-electron chi connectivity index (χ2n) is 11.1. The van der Waals surface area contributed by atoms with Crippen LogP contribution in [-0.2, 0) is 35.2 Å². The lowest BCUT2D eigenvalue weighted by molar-refractivity contribution is -0.141. The molecule has 1 heterocycles. The summed E-state index contributed by atoms with van der Waals surface area (Å²) >= 11 is 0. The molecule has 0 aromatic heterocycles. The number of hydrogen-bond donors (Lipinski definition) is 6. The molecule has 2 rings (SSSR count). The van der Waals surface area contributed by atoms with Crippen LogP contribution >= 0.6 is 0 Å². The molecule has 0 bridgehead atoms. The molecular formula is C29H44N6O7. The smallest absolute Gasteiger partial charge is 0.246 e. The van der Waals surface area contributed by atoms with E-state index in [9.17, 15) is 33.9 Å². The number of nitrogens with zero attached hydrogens (tertiary/aromatic N) is 1. The van der Waals surface area contributed by atoms with Crippen LogP contribution in [0.2, 0.25) is 0 Å². The van der Waals surface area contributed by atoms with E-state index in [1.54, 1.807) is 32.9 Å². The first kappa shape index (κ1) is 34.0. The van der Waals surface area contributed by atoms with Crippen LogP contribution < -0.4 is 27.0 Å². The summed E-state index contributed by atoms with van der Waals surface area (Å²) in [6, 6.07) is 2.65. The molecule has 0 spiro atoms. The molecule has 1 aliphatic rings. The van der Waals surface area contributed by atoms with Gasteiger partial charge >= 0.3 is 0 Å². The van der Waals surface area contributed by atoms with Crippen molar-refractivity contribution in [1.82, 2.24) is 26.2 Å². The van der Waals surface area contributed by atoms with Crippen molar-refractivity contribution < 1.29 is 33.9 Å². The molecule has 0 radical (unpaired) electrons. The Morgan fingerprint density at radius 1 is 1.00 bits per heavy atom. The summed E-state index contributed by atoms with van der Waals surface area (Å²) < 4.78 is 0. The standard InChI is InChI=1S/C29H44N6O7/c1-6-17(4)25(28(41)34-24(16(2)3)26(30)39)33-23(38)15-31-27(40)22-8-7-13-35(22)29(42)21(32-18(5)36)14-19-9-11-20(37)12-10-19/h9-12,16-17,21-22,24-25,37H,6-8,13-15H2,1-5H3,(H2,30,39)(H,31,40)(H,32,36)(H,33,38)(H,34,41)/t17-,21-,22-,24-,25-/m0/s1. The summed E-state index contributed by atoms with van der Waals surface area (Å²) in [5.74, 6) is -3.64. The van der Waals surface area contributed by atoms with E-state index in [2.05, 4.69) is 21.3 Å². The number of likely N-dealkylation sites (tertiary alicyclic amines) is 1. The second kappa shape index (κ2) is 15.7. The highest BCUT2D eigenvalue weighted by Crippen LogP contribution is 2.20. The summed E-state index contributed by atoms with van der Waals surface area (Å²) in [6.45, 7) is 8.30. The van der Waals surface area contributed by atoms with E-state index in [0.717, 1.165) is 0 Å². The van der Waals surface area contributed by atoms with Crippen molar-refractivity contribution >= 4 is 35.4 Å². The Morgan fingerprint density at radius 3 is 2.19 bits per heavy atom. The van der Waals surface area contributed by atoms with Crippen LogP contribution in [0.3, 0.4) is 0 Å². The highest BCUT2D eigenvalue weighted by atomic mass is 16.3. The zero-order valence-electron chi connectivity index (χ0n) is 24.9. The first-order chi connectivity index (χ1) is 19.7. The number of amides is 6. The van der Waals surface area contributed by atoms with Crippen molar-refractivity contribution in [3.8, 4) is 5.75 Å². The number of carbonyl (C=O) groups excluding carboxylic acids is 6. The number of nitrogens with one attached hydrogen (secondary N) is 4. The molecule has 1 saturated heterocycles. The normalized spacial score (nSPS) is 17.5. The van der Waals surface area contributed by atoms with E-state index in [1.165, 1.54) is 24.0 Å². The van der Waals surface area contributed by atoms with E-state index in [1.807, 2.05) is 6.92 Å². The molecule has 0 unspecified atom stereocenters. The van der Waals surface area contributed by atoms with Gasteiger partial charge in [0.1, 0.15) is 29.9 Å². The lowest BCUT2D eigenvalue weighted by atomic mass is 9.96. The van der Waals surface area contributed by atoms with Crippen molar-refractivity contribution in [3.05, 3.63) is 29.8 Å². The predicted octanol–water partition coefficient (Wildman–Crippen LogP) is -0.296. The average molecular weight is 589 g/mol. The molecule has 1 aromatic carbocycles. The third-order valence-corrected chi connectivity index (χ3v) is 7.40. The lowest BCUT2D eigenvalue weighted by Crippen LogP contribution is -2.58. The number of rotatable bonds is 14. The quantitative estimate of drug-likeness (QED) is 0.171. The molecule has 7 N–H and O–H groups in total. The van der Waals surface area contributed by atoms with Crippen LogP contribution in [0.4, 0.5) is 0 Å². The fourth-order valence-electron chi connectivity index (χ4n) is 4.84. The third-order valence-electron chi connectivity index (χ3n) is 7.40. The number of phenolic OH excluding ortho intramolecular Hbond substituents is 1. The second-order valence-corrected chi connectivity index (χ2v) is 11.1. The van der Waals surface area contributed by atoms with Gasteiger partial charge in [-0.15, -0.1) is 0 Å². The minimum atomic E-state index is -0.956. The van der Waals surface area contributed by atoms with Gasteiger partial charge < -0.3 is 37.0 Å². The van der Waals surface area contributed by atoms with Gasteiger partial charge in [-0.25, -0.2) is 0 Å². The summed E-state index contributed by atoms with van der Waals surface area (Å²) in [7, 11) is 0. The number of phenols is 1. The largest absolute Gasteiger partial charge is 0.508 e. The molecule has 6 amide bonds. The van der Waals surface area contributed by atoms with Gasteiger partial charge in [-0.05, 0) is 42.4 Å². The maximum Gasteiger partial charge on any atom is 0.246 e.